The van der Waals surface area contributed by atoms with Crippen molar-refractivity contribution in [1.29, 1.82) is 0 Å². The number of hydrogen-bond donors (Lipinski definition) is 2. The molecule has 0 spiro atoms. The molecule has 0 aromatic carbocycles. The molecule has 30 valence electrons. The van der Waals surface area contributed by atoms with Gasteiger partial charge in [0.15, 0.2) is 0 Å². The van der Waals surface area contributed by atoms with E-state index in [0.717, 1.165) is 0 Å². The first kappa shape index (κ1) is 4.65. The summed E-state index contributed by atoms with van der Waals surface area (Å²) in [5.74, 6) is 0. The lowest BCUT2D eigenvalue weighted by Gasteiger charge is -1.79. The van der Waals surface area contributed by atoms with Crippen LogP contribution in [0.3, 0.4) is 0 Å². The summed E-state index contributed by atoms with van der Waals surface area (Å²) in [5.41, 5.74) is 1.15. The Balaban J connectivity index is 2.85. The maximum Gasteiger partial charge on any atom is 0.203 e. The summed E-state index contributed by atoms with van der Waals surface area (Å²) in [6.07, 6.45) is 0. The molecule has 0 rings (SSSR count). The van der Waals surface area contributed by atoms with Crippen LogP contribution in [0.15, 0.2) is 0 Å². The summed E-state index contributed by atoms with van der Waals surface area (Å²) < 4.78 is 0. The standard InChI is InChI=1S/CH5NO2Si/c3-1(5)2-4/h4H,5H3,(H,2,3). The van der Waals surface area contributed by atoms with Gasteiger partial charge < -0.3 is 0 Å². The van der Waals surface area contributed by atoms with E-state index in [1.165, 1.54) is 5.48 Å². The first-order valence-corrected chi connectivity index (χ1v) is 2.18. The van der Waals surface area contributed by atoms with Gasteiger partial charge in [-0.05, 0) is 0 Å². The molecule has 0 aliphatic heterocycles. The molecular formula is CH5NO2Si. The summed E-state index contributed by atoms with van der Waals surface area (Å²) in [5, 5.41) is 7.58. The van der Waals surface area contributed by atoms with Crippen LogP contribution in [0.5, 0.6) is 0 Å². The van der Waals surface area contributed by atoms with Crippen LogP contribution in [0.1, 0.15) is 0 Å². The fourth-order valence-corrected chi connectivity index (χ4v) is 0. The molecule has 0 atom stereocenters. The average Bonchev–Trinajstić information content (AvgIpc) is 1.38. The van der Waals surface area contributed by atoms with Gasteiger partial charge in [-0.2, -0.15) is 0 Å². The van der Waals surface area contributed by atoms with Crippen molar-refractivity contribution in [1.82, 2.24) is 5.48 Å². The highest BCUT2D eigenvalue weighted by Crippen LogP contribution is 1.44. The van der Waals surface area contributed by atoms with E-state index in [1.807, 2.05) is 0 Å². The lowest BCUT2D eigenvalue weighted by Crippen LogP contribution is -2.15. The number of amides is 1. The molecule has 0 aliphatic carbocycles. The van der Waals surface area contributed by atoms with E-state index in [2.05, 4.69) is 0 Å². The lowest BCUT2D eigenvalue weighted by atomic mass is 11.4. The van der Waals surface area contributed by atoms with Gasteiger partial charge in [0.05, 0.1) is 0 Å². The molecule has 5 heavy (non-hydrogen) atoms. The van der Waals surface area contributed by atoms with Crippen LogP contribution in [0.25, 0.3) is 0 Å². The lowest BCUT2D eigenvalue weighted by molar-refractivity contribution is 0.179. The van der Waals surface area contributed by atoms with Gasteiger partial charge in [-0.1, -0.05) is 0 Å². The topological polar surface area (TPSA) is 49.3 Å². The number of carbonyl (C=O) groups is 1. The monoisotopic (exact) mass is 91.0 g/mol. The predicted octanol–water partition coefficient (Wildman–Crippen LogP) is -1.55. The van der Waals surface area contributed by atoms with Crippen molar-refractivity contribution in [3.05, 3.63) is 0 Å². The summed E-state index contributed by atoms with van der Waals surface area (Å²) in [7, 11) is 0.370. The highest BCUT2D eigenvalue weighted by atomic mass is 28.1. The summed E-state index contributed by atoms with van der Waals surface area (Å²) >= 11 is 0. The van der Waals surface area contributed by atoms with Crippen LogP contribution in [0.2, 0.25) is 0 Å². The summed E-state index contributed by atoms with van der Waals surface area (Å²) in [6.45, 7) is 0. The molecular weight excluding hydrogens is 86.1 g/mol. The number of rotatable bonds is 0. The molecule has 0 aromatic rings. The Morgan fingerprint density at radius 3 is 2.20 bits per heavy atom. The number of hydroxylamine groups is 1. The fraction of sp³-hybridized carbons (Fsp3) is 0. The second-order valence-corrected chi connectivity index (χ2v) is 1.58. The molecule has 0 aliphatic rings. The Morgan fingerprint density at radius 1 is 2.00 bits per heavy atom. The second kappa shape index (κ2) is 1.92. The van der Waals surface area contributed by atoms with Crippen LogP contribution in [0.4, 0.5) is 4.79 Å². The Labute approximate surface area is 32.4 Å². The van der Waals surface area contributed by atoms with Gasteiger partial charge in [0, 0.05) is 0 Å². The number of nitrogens with one attached hydrogen (secondary N) is 1. The molecule has 0 bridgehead atoms. The fourth-order valence-electron chi connectivity index (χ4n) is 0. The number of carbonyl (C=O) groups excluding carboxylic acids is 1. The van der Waals surface area contributed by atoms with Crippen LogP contribution in [0, 0.1) is 0 Å². The van der Waals surface area contributed by atoms with Crippen LogP contribution >= 0.6 is 0 Å². The zero-order valence-electron chi connectivity index (χ0n) is 2.86. The third kappa shape index (κ3) is 3.65. The first-order chi connectivity index (χ1) is 2.27. The second-order valence-electron chi connectivity index (χ2n) is 0.668. The smallest absolute Gasteiger partial charge is 0.203 e. The third-order valence-corrected chi connectivity index (χ3v) is 0.381. The van der Waals surface area contributed by atoms with Crippen molar-refractivity contribution >= 4 is 15.8 Å². The van der Waals surface area contributed by atoms with Gasteiger partial charge >= 0.3 is 0 Å². The normalized spacial score (nSPS) is 7.40. The SMILES string of the molecule is O=C([SiH3])NO. The van der Waals surface area contributed by atoms with E-state index in [1.54, 1.807) is 0 Å². The van der Waals surface area contributed by atoms with E-state index in [4.69, 9.17) is 5.21 Å². The maximum absolute atomic E-state index is 9.51. The molecule has 1 amide bonds. The van der Waals surface area contributed by atoms with Crippen LogP contribution in [-0.4, -0.2) is 21.0 Å². The molecule has 4 heteroatoms. The van der Waals surface area contributed by atoms with Crippen molar-refractivity contribution < 1.29 is 10.0 Å². The highest BCUT2D eigenvalue weighted by Gasteiger charge is 1.74. The van der Waals surface area contributed by atoms with Crippen molar-refractivity contribution in [2.24, 2.45) is 0 Å². The Hall–Kier alpha value is -0.353. The minimum Gasteiger partial charge on any atom is -0.289 e. The highest BCUT2D eigenvalue weighted by molar-refractivity contribution is 6.56. The maximum atomic E-state index is 9.51. The van der Waals surface area contributed by atoms with Gasteiger partial charge in [0.25, 0.3) is 0 Å². The molecule has 0 saturated heterocycles. The summed E-state index contributed by atoms with van der Waals surface area (Å²) in [6, 6.07) is 0. The molecule has 0 unspecified atom stereocenters. The minimum atomic E-state index is -0.301. The summed E-state index contributed by atoms with van der Waals surface area (Å²) in [4.78, 5) is 9.51. The largest absolute Gasteiger partial charge is 0.289 e. The van der Waals surface area contributed by atoms with Gasteiger partial charge in [-0.3, -0.25) is 10.0 Å². The van der Waals surface area contributed by atoms with Crippen LogP contribution < -0.4 is 5.48 Å². The van der Waals surface area contributed by atoms with Gasteiger partial charge in [-0.25, -0.2) is 5.48 Å². The van der Waals surface area contributed by atoms with E-state index < -0.39 is 0 Å². The van der Waals surface area contributed by atoms with E-state index in [9.17, 15) is 4.79 Å². The average molecular weight is 91.1 g/mol. The Bertz CT molecular complexity index is 44.9. The molecule has 0 saturated carbocycles. The zero-order valence-corrected chi connectivity index (χ0v) is 4.86. The molecule has 3 nitrogen and oxygen atoms in total. The van der Waals surface area contributed by atoms with Crippen LogP contribution in [-0.2, 0) is 0 Å². The molecule has 0 aromatic heterocycles. The molecule has 2 N–H and O–H groups in total. The molecule has 0 radical (unpaired) electrons. The van der Waals surface area contributed by atoms with Gasteiger partial charge in [0.1, 0.15) is 10.2 Å². The molecule has 0 fully saturated rings. The Kier molecular flexibility index (Phi) is 1.79. The van der Waals surface area contributed by atoms with Gasteiger partial charge in [-0.15, -0.1) is 0 Å². The van der Waals surface area contributed by atoms with E-state index in [-0.39, 0.29) is 5.53 Å². The van der Waals surface area contributed by atoms with Crippen molar-refractivity contribution in [2.45, 2.75) is 0 Å². The van der Waals surface area contributed by atoms with Crippen molar-refractivity contribution in [2.75, 3.05) is 0 Å². The predicted molar refractivity (Wildman–Crippen MR) is 20.3 cm³/mol. The van der Waals surface area contributed by atoms with Crippen molar-refractivity contribution in [3.8, 4) is 0 Å². The van der Waals surface area contributed by atoms with E-state index in [0.29, 0.717) is 10.2 Å². The van der Waals surface area contributed by atoms with Crippen molar-refractivity contribution in [3.63, 3.8) is 0 Å². The first-order valence-electron chi connectivity index (χ1n) is 1.18. The molecule has 0 heterocycles. The number of hydrogen-bond acceptors (Lipinski definition) is 2. The zero-order chi connectivity index (χ0) is 4.28. The quantitative estimate of drug-likeness (QED) is 0.215. The van der Waals surface area contributed by atoms with E-state index >= 15 is 0 Å². The minimum absolute atomic E-state index is 0.301. The Morgan fingerprint density at radius 2 is 2.20 bits per heavy atom. The third-order valence-electron chi connectivity index (χ3n) is 0.157. The van der Waals surface area contributed by atoms with Gasteiger partial charge in [0.2, 0.25) is 5.53 Å².